The molecule has 1 saturated carbocycles. The Balaban J connectivity index is 1.23. The van der Waals surface area contributed by atoms with E-state index in [-0.39, 0.29) is 23.9 Å². The lowest BCUT2D eigenvalue weighted by Crippen LogP contribution is -2.50. The molecule has 1 aromatic carbocycles. The van der Waals surface area contributed by atoms with Crippen LogP contribution in [-0.4, -0.2) is 73.0 Å². The molecule has 10 heteroatoms. The predicted octanol–water partition coefficient (Wildman–Crippen LogP) is 2.47. The zero-order valence-corrected chi connectivity index (χ0v) is 21.6. The second-order valence-corrected chi connectivity index (χ2v) is 10.6. The molecule has 1 N–H and O–H groups in total. The number of hydrogen-bond donors (Lipinski definition) is 1. The Hall–Kier alpha value is -4.05. The largest absolute Gasteiger partial charge is 0.388 e. The van der Waals surface area contributed by atoms with Crippen molar-refractivity contribution in [2.24, 2.45) is 5.92 Å². The molecule has 38 heavy (non-hydrogen) atoms. The van der Waals surface area contributed by atoms with Crippen LogP contribution in [0.25, 0.3) is 27.8 Å². The van der Waals surface area contributed by atoms with Gasteiger partial charge < -0.3 is 14.9 Å². The van der Waals surface area contributed by atoms with E-state index in [9.17, 15) is 14.7 Å². The van der Waals surface area contributed by atoms with Crippen molar-refractivity contribution in [3.05, 3.63) is 65.5 Å². The zero-order chi connectivity index (χ0) is 26.4. The number of rotatable bonds is 6. The SMILES string of the molecule is CN(C)c1ccc(-c2cccc(-n3ncc4c(=O)n(CC5(O)CCN(C(=O)C6CC6)CC5)cnc43)c2)cn1. The van der Waals surface area contributed by atoms with Crippen LogP contribution in [0.1, 0.15) is 25.7 Å². The first-order chi connectivity index (χ1) is 18.3. The van der Waals surface area contributed by atoms with Crippen molar-refractivity contribution in [3.8, 4) is 16.8 Å². The summed E-state index contributed by atoms with van der Waals surface area (Å²) < 4.78 is 3.12. The molecule has 6 rings (SSSR count). The van der Waals surface area contributed by atoms with Crippen LogP contribution in [0, 0.1) is 5.92 Å². The quantitative estimate of drug-likeness (QED) is 0.422. The van der Waals surface area contributed by atoms with Crippen LogP contribution in [0.15, 0.2) is 59.9 Å². The summed E-state index contributed by atoms with van der Waals surface area (Å²) in [7, 11) is 3.90. The number of carbonyl (C=O) groups is 1. The number of benzene rings is 1. The van der Waals surface area contributed by atoms with Gasteiger partial charge in [-0.1, -0.05) is 12.1 Å². The summed E-state index contributed by atoms with van der Waals surface area (Å²) in [6.45, 7) is 1.16. The minimum Gasteiger partial charge on any atom is -0.388 e. The fourth-order valence-electron chi connectivity index (χ4n) is 5.10. The minimum atomic E-state index is -1.06. The average molecular weight is 514 g/mol. The van der Waals surface area contributed by atoms with Gasteiger partial charge in [-0.3, -0.25) is 14.2 Å². The molecule has 2 aliphatic rings. The molecule has 10 nitrogen and oxygen atoms in total. The van der Waals surface area contributed by atoms with E-state index in [1.165, 1.54) is 17.1 Å². The molecular weight excluding hydrogens is 482 g/mol. The van der Waals surface area contributed by atoms with Gasteiger partial charge in [-0.2, -0.15) is 5.10 Å². The normalized spacial score (nSPS) is 17.1. The summed E-state index contributed by atoms with van der Waals surface area (Å²) in [5.74, 6) is 1.25. The summed E-state index contributed by atoms with van der Waals surface area (Å²) >= 11 is 0. The van der Waals surface area contributed by atoms with Crippen molar-refractivity contribution >= 4 is 22.8 Å². The molecule has 0 unspecified atom stereocenters. The van der Waals surface area contributed by atoms with Crippen molar-refractivity contribution in [2.75, 3.05) is 32.1 Å². The van der Waals surface area contributed by atoms with Crippen molar-refractivity contribution < 1.29 is 9.90 Å². The first-order valence-electron chi connectivity index (χ1n) is 13.0. The highest BCUT2D eigenvalue weighted by Gasteiger charge is 2.39. The molecule has 0 spiro atoms. The summed E-state index contributed by atoms with van der Waals surface area (Å²) in [5, 5.41) is 16.0. The number of piperidine rings is 1. The summed E-state index contributed by atoms with van der Waals surface area (Å²) in [6, 6.07) is 11.9. The highest BCUT2D eigenvalue weighted by Crippen LogP contribution is 2.33. The number of aromatic nitrogens is 5. The molecule has 2 fully saturated rings. The van der Waals surface area contributed by atoms with E-state index in [4.69, 9.17) is 0 Å². The maximum absolute atomic E-state index is 13.3. The van der Waals surface area contributed by atoms with E-state index in [2.05, 4.69) is 15.1 Å². The van der Waals surface area contributed by atoms with E-state index in [0.29, 0.717) is 37.0 Å². The summed E-state index contributed by atoms with van der Waals surface area (Å²) in [4.78, 5) is 38.5. The fourth-order valence-corrected chi connectivity index (χ4v) is 5.10. The van der Waals surface area contributed by atoms with Crippen LogP contribution >= 0.6 is 0 Å². The number of fused-ring (bicyclic) bond motifs is 1. The first kappa shape index (κ1) is 24.3. The van der Waals surface area contributed by atoms with E-state index < -0.39 is 5.60 Å². The molecular formula is C28H31N7O3. The van der Waals surface area contributed by atoms with Crippen LogP contribution in [0.3, 0.4) is 0 Å². The van der Waals surface area contributed by atoms with Gasteiger partial charge in [0.2, 0.25) is 5.91 Å². The molecule has 4 heterocycles. The van der Waals surface area contributed by atoms with Crippen molar-refractivity contribution in [2.45, 2.75) is 37.8 Å². The molecule has 0 bridgehead atoms. The Labute approximate surface area is 220 Å². The van der Waals surface area contributed by atoms with Gasteiger partial charge in [-0.05, 0) is 55.5 Å². The highest BCUT2D eigenvalue weighted by atomic mass is 16.3. The number of hydrogen-bond acceptors (Lipinski definition) is 7. The maximum atomic E-state index is 13.3. The van der Waals surface area contributed by atoms with Crippen LogP contribution in [0.4, 0.5) is 5.82 Å². The minimum absolute atomic E-state index is 0.136. The fraction of sp³-hybridized carbons (Fsp3) is 0.393. The van der Waals surface area contributed by atoms with E-state index in [1.54, 1.807) is 4.68 Å². The van der Waals surface area contributed by atoms with Crippen molar-refractivity contribution in [1.82, 2.24) is 29.2 Å². The van der Waals surface area contributed by atoms with Gasteiger partial charge in [-0.15, -0.1) is 0 Å². The zero-order valence-electron chi connectivity index (χ0n) is 21.6. The van der Waals surface area contributed by atoms with E-state index >= 15 is 0 Å². The molecule has 196 valence electrons. The van der Waals surface area contributed by atoms with Gasteiger partial charge in [0.05, 0.1) is 24.0 Å². The van der Waals surface area contributed by atoms with E-state index in [1.807, 2.05) is 66.5 Å². The number of aliphatic hydroxyl groups is 1. The Morgan fingerprint density at radius 2 is 1.87 bits per heavy atom. The number of amides is 1. The van der Waals surface area contributed by atoms with Gasteiger partial charge in [-0.25, -0.2) is 14.6 Å². The lowest BCUT2D eigenvalue weighted by atomic mass is 9.91. The standard InChI is InChI=1S/C28H31N7O3/c1-32(2)24-9-8-21(15-29-24)20-4-3-5-22(14-20)35-25-23(16-31-35)27(37)34(18-30-25)17-28(38)10-12-33(13-11-28)26(36)19-6-7-19/h3-5,8-9,14-16,18-19,38H,6-7,10-13,17H2,1-2H3. The first-order valence-corrected chi connectivity index (χ1v) is 13.0. The second kappa shape index (κ2) is 9.36. The lowest BCUT2D eigenvalue weighted by molar-refractivity contribution is -0.137. The van der Waals surface area contributed by atoms with Gasteiger partial charge >= 0.3 is 0 Å². The molecule has 4 aromatic rings. The topological polar surface area (TPSA) is 109 Å². The smallest absolute Gasteiger partial charge is 0.264 e. The molecule has 1 aliphatic carbocycles. The highest BCUT2D eigenvalue weighted by molar-refractivity contribution is 5.81. The van der Waals surface area contributed by atoms with E-state index in [0.717, 1.165) is 35.5 Å². The average Bonchev–Trinajstić information content (AvgIpc) is 3.69. The third-order valence-electron chi connectivity index (χ3n) is 7.58. The monoisotopic (exact) mass is 513 g/mol. The third kappa shape index (κ3) is 4.56. The number of nitrogens with zero attached hydrogens (tertiary/aromatic N) is 7. The maximum Gasteiger partial charge on any atom is 0.264 e. The van der Waals surface area contributed by atoms with Crippen molar-refractivity contribution in [3.63, 3.8) is 0 Å². The van der Waals surface area contributed by atoms with Crippen LogP contribution in [0.2, 0.25) is 0 Å². The molecule has 0 radical (unpaired) electrons. The Morgan fingerprint density at radius 3 is 2.55 bits per heavy atom. The van der Waals surface area contributed by atoms with Gasteiger partial charge in [0.1, 0.15) is 17.5 Å². The predicted molar refractivity (Wildman–Crippen MR) is 144 cm³/mol. The molecule has 1 amide bonds. The molecule has 0 atom stereocenters. The summed E-state index contributed by atoms with van der Waals surface area (Å²) in [5.41, 5.74) is 1.89. The number of pyridine rings is 1. The number of likely N-dealkylation sites (tertiary alicyclic amines) is 1. The number of anilines is 1. The Bertz CT molecular complexity index is 1540. The third-order valence-corrected chi connectivity index (χ3v) is 7.58. The second-order valence-electron chi connectivity index (χ2n) is 10.6. The lowest BCUT2D eigenvalue weighted by Gasteiger charge is -2.38. The van der Waals surface area contributed by atoms with Crippen LogP contribution in [0.5, 0.6) is 0 Å². The van der Waals surface area contributed by atoms with Crippen LogP contribution < -0.4 is 10.5 Å². The Morgan fingerprint density at radius 1 is 1.08 bits per heavy atom. The number of carbonyl (C=O) groups excluding carboxylic acids is 1. The molecule has 1 saturated heterocycles. The molecule has 1 aliphatic heterocycles. The molecule has 3 aromatic heterocycles. The van der Waals surface area contributed by atoms with Crippen LogP contribution in [-0.2, 0) is 11.3 Å². The Kier molecular flexibility index (Phi) is 5.98. The van der Waals surface area contributed by atoms with Gasteiger partial charge in [0, 0.05) is 44.9 Å². The van der Waals surface area contributed by atoms with Crippen molar-refractivity contribution in [1.29, 1.82) is 0 Å². The van der Waals surface area contributed by atoms with Gasteiger partial charge in [0.25, 0.3) is 5.56 Å². The van der Waals surface area contributed by atoms with Gasteiger partial charge in [0.15, 0.2) is 5.65 Å². The summed E-state index contributed by atoms with van der Waals surface area (Å²) in [6.07, 6.45) is 7.67.